The molecule has 0 aliphatic carbocycles. The predicted molar refractivity (Wildman–Crippen MR) is 122 cm³/mol. The molecular weight excluding hydrogens is 390 g/mol. The molecule has 3 rings (SSSR count). The number of amides is 2. The first-order valence-electron chi connectivity index (χ1n) is 10.1. The Kier molecular flexibility index (Phi) is 7.79. The van der Waals surface area contributed by atoms with E-state index in [9.17, 15) is 9.59 Å². The van der Waals surface area contributed by atoms with Crippen LogP contribution in [0.4, 0.5) is 5.69 Å². The molecule has 6 nitrogen and oxygen atoms in total. The largest absolute Gasteiger partial charge is 0.492 e. The van der Waals surface area contributed by atoms with Crippen LogP contribution in [0, 0.1) is 0 Å². The van der Waals surface area contributed by atoms with E-state index in [0.717, 1.165) is 17.9 Å². The highest BCUT2D eigenvalue weighted by molar-refractivity contribution is 6.04. The molecule has 0 aromatic heterocycles. The lowest BCUT2D eigenvalue weighted by molar-refractivity contribution is 0.0950. The van der Waals surface area contributed by atoms with Crippen LogP contribution in [0.15, 0.2) is 78.9 Å². The zero-order valence-electron chi connectivity index (χ0n) is 17.8. The summed E-state index contributed by atoms with van der Waals surface area (Å²) in [5, 5.41) is 5.74. The van der Waals surface area contributed by atoms with E-state index in [4.69, 9.17) is 4.74 Å². The van der Waals surface area contributed by atoms with Crippen molar-refractivity contribution in [2.45, 2.75) is 6.54 Å². The minimum absolute atomic E-state index is 0.181. The molecule has 0 bridgehead atoms. The second-order valence-corrected chi connectivity index (χ2v) is 7.38. The van der Waals surface area contributed by atoms with Crippen LogP contribution in [0.25, 0.3) is 0 Å². The monoisotopic (exact) mass is 417 g/mol. The molecule has 0 heterocycles. The summed E-state index contributed by atoms with van der Waals surface area (Å²) in [6, 6.07) is 23.5. The van der Waals surface area contributed by atoms with Gasteiger partial charge in [0, 0.05) is 29.9 Å². The van der Waals surface area contributed by atoms with Gasteiger partial charge in [0.1, 0.15) is 12.4 Å². The maximum atomic E-state index is 12.5. The van der Waals surface area contributed by atoms with Crippen molar-refractivity contribution < 1.29 is 14.3 Å². The van der Waals surface area contributed by atoms with E-state index in [1.54, 1.807) is 36.4 Å². The number of carbonyl (C=O) groups is 2. The zero-order valence-corrected chi connectivity index (χ0v) is 17.8. The van der Waals surface area contributed by atoms with Crippen molar-refractivity contribution in [2.75, 3.05) is 32.6 Å². The summed E-state index contributed by atoms with van der Waals surface area (Å²) in [6.45, 7) is 1.84. The van der Waals surface area contributed by atoms with Gasteiger partial charge in [-0.3, -0.25) is 9.59 Å². The summed E-state index contributed by atoms with van der Waals surface area (Å²) in [7, 11) is 4.00. The second-order valence-electron chi connectivity index (χ2n) is 7.38. The molecule has 160 valence electrons. The van der Waals surface area contributed by atoms with Crippen molar-refractivity contribution in [1.82, 2.24) is 10.2 Å². The highest BCUT2D eigenvalue weighted by Gasteiger charge is 2.08. The molecule has 0 aliphatic heterocycles. The third kappa shape index (κ3) is 6.97. The molecule has 0 atom stereocenters. The molecule has 0 spiro atoms. The zero-order chi connectivity index (χ0) is 22.1. The molecule has 0 unspecified atom stereocenters. The number of likely N-dealkylation sites (N-methyl/N-ethyl adjacent to an activating group) is 1. The number of carbonyl (C=O) groups excluding carboxylic acids is 2. The number of nitrogens with zero attached hydrogens (tertiary/aromatic N) is 1. The van der Waals surface area contributed by atoms with Gasteiger partial charge < -0.3 is 20.3 Å². The van der Waals surface area contributed by atoms with Crippen LogP contribution in [-0.2, 0) is 6.54 Å². The van der Waals surface area contributed by atoms with Gasteiger partial charge in [-0.1, -0.05) is 30.3 Å². The van der Waals surface area contributed by atoms with E-state index in [1.807, 2.05) is 56.6 Å². The van der Waals surface area contributed by atoms with Crippen LogP contribution in [-0.4, -0.2) is 44.0 Å². The van der Waals surface area contributed by atoms with E-state index in [1.165, 1.54) is 0 Å². The third-order valence-corrected chi connectivity index (χ3v) is 4.60. The van der Waals surface area contributed by atoms with Crippen molar-refractivity contribution in [3.05, 3.63) is 95.6 Å². The Balaban J connectivity index is 1.51. The summed E-state index contributed by atoms with van der Waals surface area (Å²) in [5.41, 5.74) is 2.70. The molecule has 2 N–H and O–H groups in total. The topological polar surface area (TPSA) is 70.7 Å². The van der Waals surface area contributed by atoms with E-state index in [-0.39, 0.29) is 11.8 Å². The predicted octanol–water partition coefficient (Wildman–Crippen LogP) is 3.81. The number of rotatable bonds is 9. The fourth-order valence-electron chi connectivity index (χ4n) is 2.87. The Hall–Kier alpha value is -3.64. The number of hydrogen-bond donors (Lipinski definition) is 2. The van der Waals surface area contributed by atoms with E-state index in [2.05, 4.69) is 15.5 Å². The number of hydrogen-bond acceptors (Lipinski definition) is 4. The fraction of sp³-hybridized carbons (Fsp3) is 0.200. The average molecular weight is 418 g/mol. The van der Waals surface area contributed by atoms with Gasteiger partial charge in [0.2, 0.25) is 0 Å². The standard InChI is InChI=1S/C25H27N3O3/c1-28(2)15-16-31-23-10-6-7-19(17-23)18-26-24(29)21-11-13-22(14-12-21)27-25(30)20-8-4-3-5-9-20/h3-14,17H,15-16,18H2,1-2H3,(H,26,29)(H,27,30). The van der Waals surface area contributed by atoms with Crippen molar-refractivity contribution in [3.8, 4) is 5.75 Å². The average Bonchev–Trinajstić information content (AvgIpc) is 2.78. The molecule has 0 saturated heterocycles. The van der Waals surface area contributed by atoms with E-state index < -0.39 is 0 Å². The van der Waals surface area contributed by atoms with Gasteiger partial charge in [-0.25, -0.2) is 0 Å². The van der Waals surface area contributed by atoms with Gasteiger partial charge >= 0.3 is 0 Å². The quantitative estimate of drug-likeness (QED) is 0.555. The Morgan fingerprint density at radius 1 is 0.839 bits per heavy atom. The summed E-state index contributed by atoms with van der Waals surface area (Å²) in [5.74, 6) is 0.414. The van der Waals surface area contributed by atoms with Crippen molar-refractivity contribution in [2.24, 2.45) is 0 Å². The lowest BCUT2D eigenvalue weighted by atomic mass is 10.1. The van der Waals surface area contributed by atoms with Crippen LogP contribution in [0.2, 0.25) is 0 Å². The molecule has 2 amide bonds. The van der Waals surface area contributed by atoms with Crippen molar-refractivity contribution in [1.29, 1.82) is 0 Å². The van der Waals surface area contributed by atoms with Crippen LogP contribution in [0.5, 0.6) is 5.75 Å². The van der Waals surface area contributed by atoms with Gasteiger partial charge in [0.15, 0.2) is 0 Å². The van der Waals surface area contributed by atoms with E-state index in [0.29, 0.717) is 30.0 Å². The molecule has 3 aromatic carbocycles. The van der Waals surface area contributed by atoms with Crippen molar-refractivity contribution >= 4 is 17.5 Å². The summed E-state index contributed by atoms with van der Waals surface area (Å²) in [4.78, 5) is 26.7. The first-order valence-corrected chi connectivity index (χ1v) is 10.1. The lowest BCUT2D eigenvalue weighted by Crippen LogP contribution is -2.23. The fourth-order valence-corrected chi connectivity index (χ4v) is 2.87. The first-order chi connectivity index (χ1) is 15.0. The summed E-state index contributed by atoms with van der Waals surface area (Å²) in [6.07, 6.45) is 0. The summed E-state index contributed by atoms with van der Waals surface area (Å²) >= 11 is 0. The van der Waals surface area contributed by atoms with Gasteiger partial charge in [-0.05, 0) is 68.2 Å². The molecule has 0 radical (unpaired) electrons. The maximum Gasteiger partial charge on any atom is 0.255 e. The minimum atomic E-state index is -0.189. The summed E-state index contributed by atoms with van der Waals surface area (Å²) < 4.78 is 5.74. The Bertz CT molecular complexity index is 1000. The molecule has 3 aromatic rings. The molecule has 0 fully saturated rings. The third-order valence-electron chi connectivity index (χ3n) is 4.60. The lowest BCUT2D eigenvalue weighted by Gasteiger charge is -2.12. The molecule has 6 heteroatoms. The molecule has 0 saturated carbocycles. The Morgan fingerprint density at radius 2 is 1.55 bits per heavy atom. The SMILES string of the molecule is CN(C)CCOc1cccc(CNC(=O)c2ccc(NC(=O)c3ccccc3)cc2)c1. The van der Waals surface area contributed by atoms with Crippen LogP contribution in [0.1, 0.15) is 26.3 Å². The van der Waals surface area contributed by atoms with E-state index >= 15 is 0 Å². The number of anilines is 1. The second kappa shape index (κ2) is 10.9. The Labute approximate surface area is 182 Å². The molecule has 0 aliphatic rings. The van der Waals surface area contributed by atoms with Crippen LogP contribution < -0.4 is 15.4 Å². The normalized spacial score (nSPS) is 10.5. The van der Waals surface area contributed by atoms with Crippen LogP contribution >= 0.6 is 0 Å². The highest BCUT2D eigenvalue weighted by atomic mass is 16.5. The van der Waals surface area contributed by atoms with Gasteiger partial charge in [-0.15, -0.1) is 0 Å². The first kappa shape index (κ1) is 22.1. The van der Waals surface area contributed by atoms with Crippen LogP contribution in [0.3, 0.4) is 0 Å². The highest BCUT2D eigenvalue weighted by Crippen LogP contribution is 2.14. The minimum Gasteiger partial charge on any atom is -0.492 e. The van der Waals surface area contributed by atoms with Gasteiger partial charge in [0.25, 0.3) is 11.8 Å². The molecule has 31 heavy (non-hydrogen) atoms. The van der Waals surface area contributed by atoms with Gasteiger partial charge in [0.05, 0.1) is 0 Å². The number of ether oxygens (including phenoxy) is 1. The number of benzene rings is 3. The van der Waals surface area contributed by atoms with Gasteiger partial charge in [-0.2, -0.15) is 0 Å². The maximum absolute atomic E-state index is 12.5. The van der Waals surface area contributed by atoms with Crippen molar-refractivity contribution in [3.63, 3.8) is 0 Å². The smallest absolute Gasteiger partial charge is 0.255 e. The number of nitrogens with one attached hydrogen (secondary N) is 2. The molecular formula is C25H27N3O3. The Morgan fingerprint density at radius 3 is 2.26 bits per heavy atom.